The number of fused-ring (bicyclic) bond motifs is 1. The molecule has 100 valence electrons. The Morgan fingerprint density at radius 3 is 2.60 bits per heavy atom. The third-order valence-electron chi connectivity index (χ3n) is 3.34. The minimum absolute atomic E-state index is 0.114. The number of anilines is 1. The second kappa shape index (κ2) is 5.13. The molecule has 2 aromatic rings. The van der Waals surface area contributed by atoms with Crippen LogP contribution in [0.3, 0.4) is 0 Å². The number of thioether (sulfide) groups is 1. The average molecular weight is 283 g/mol. The zero-order valence-electron chi connectivity index (χ0n) is 10.9. The second-order valence-electron chi connectivity index (χ2n) is 4.70. The van der Waals surface area contributed by atoms with E-state index >= 15 is 0 Å². The normalized spacial score (nSPS) is 16.9. The lowest BCUT2D eigenvalue weighted by Gasteiger charge is -2.12. The van der Waals surface area contributed by atoms with Crippen molar-refractivity contribution in [2.45, 2.75) is 17.7 Å². The minimum atomic E-state index is -0.712. The molecule has 1 N–H and O–H groups in total. The Hall–Kier alpha value is -2.07. The van der Waals surface area contributed by atoms with Crippen molar-refractivity contribution in [1.29, 1.82) is 0 Å². The van der Waals surface area contributed by atoms with E-state index in [1.165, 1.54) is 0 Å². The smallest absolute Gasteiger partial charge is 0.240 e. The highest BCUT2D eigenvalue weighted by molar-refractivity contribution is 8.14. The molecule has 20 heavy (non-hydrogen) atoms. The molecule has 1 unspecified atom stereocenters. The summed E-state index contributed by atoms with van der Waals surface area (Å²) >= 11 is 1.14. The second-order valence-corrected chi connectivity index (χ2v) is 5.74. The van der Waals surface area contributed by atoms with Crippen LogP contribution >= 0.6 is 11.8 Å². The van der Waals surface area contributed by atoms with Crippen molar-refractivity contribution < 1.29 is 9.59 Å². The Balaban J connectivity index is 1.88. The molecule has 1 atom stereocenters. The van der Waals surface area contributed by atoms with Crippen molar-refractivity contribution in [1.82, 2.24) is 0 Å². The number of rotatable bonds is 2. The van der Waals surface area contributed by atoms with Gasteiger partial charge in [0, 0.05) is 10.6 Å². The molecule has 1 aliphatic heterocycles. The summed E-state index contributed by atoms with van der Waals surface area (Å²) < 4.78 is 0. The van der Waals surface area contributed by atoms with Gasteiger partial charge in [-0.25, -0.2) is 0 Å². The molecule has 0 aromatic heterocycles. The third-order valence-corrected chi connectivity index (χ3v) is 4.37. The van der Waals surface area contributed by atoms with E-state index in [4.69, 9.17) is 0 Å². The molecule has 0 fully saturated rings. The van der Waals surface area contributed by atoms with E-state index in [-0.39, 0.29) is 11.0 Å². The number of carbonyl (C=O) groups is 2. The molecule has 0 saturated heterocycles. The van der Waals surface area contributed by atoms with Crippen molar-refractivity contribution in [2.75, 3.05) is 5.32 Å². The first-order valence-corrected chi connectivity index (χ1v) is 7.15. The van der Waals surface area contributed by atoms with Gasteiger partial charge in [-0.1, -0.05) is 48.2 Å². The van der Waals surface area contributed by atoms with E-state index in [9.17, 15) is 9.59 Å². The lowest BCUT2D eigenvalue weighted by molar-refractivity contribution is -0.123. The number of para-hydroxylation sites is 1. The van der Waals surface area contributed by atoms with Gasteiger partial charge in [-0.15, -0.1) is 0 Å². The molecule has 3 rings (SSSR count). The number of amides is 1. The highest BCUT2D eigenvalue weighted by atomic mass is 32.2. The van der Waals surface area contributed by atoms with Gasteiger partial charge < -0.3 is 5.32 Å². The van der Waals surface area contributed by atoms with Crippen LogP contribution in [-0.4, -0.2) is 11.0 Å². The van der Waals surface area contributed by atoms with Crippen LogP contribution < -0.4 is 5.32 Å². The summed E-state index contributed by atoms with van der Waals surface area (Å²) in [5.74, 6) is -0.974. The van der Waals surface area contributed by atoms with Crippen LogP contribution in [0.15, 0.2) is 53.4 Å². The van der Waals surface area contributed by atoms with Gasteiger partial charge in [0.05, 0.1) is 0 Å². The lowest BCUT2D eigenvalue weighted by atomic mass is 9.99. The summed E-state index contributed by atoms with van der Waals surface area (Å²) in [6.45, 7) is 1.93. The lowest BCUT2D eigenvalue weighted by Crippen LogP contribution is -2.24. The van der Waals surface area contributed by atoms with Gasteiger partial charge >= 0.3 is 0 Å². The van der Waals surface area contributed by atoms with Crippen LogP contribution in [0, 0.1) is 6.92 Å². The number of nitrogens with one attached hydrogen (secondary N) is 1. The van der Waals surface area contributed by atoms with Crippen LogP contribution in [0.1, 0.15) is 17.0 Å². The molecule has 0 saturated carbocycles. The predicted molar refractivity (Wildman–Crippen MR) is 79.9 cm³/mol. The Bertz CT molecular complexity index is 696. The van der Waals surface area contributed by atoms with E-state index in [2.05, 4.69) is 5.32 Å². The van der Waals surface area contributed by atoms with Crippen LogP contribution in [-0.2, 0) is 9.59 Å². The number of hydrogen-bond acceptors (Lipinski definition) is 3. The monoisotopic (exact) mass is 283 g/mol. The topological polar surface area (TPSA) is 46.2 Å². The van der Waals surface area contributed by atoms with Crippen LogP contribution in [0.5, 0.6) is 0 Å². The van der Waals surface area contributed by atoms with E-state index in [1.54, 1.807) is 0 Å². The third kappa shape index (κ3) is 2.23. The molecular formula is C16H13NO2S. The average Bonchev–Trinajstić information content (AvgIpc) is 2.77. The molecule has 1 amide bonds. The van der Waals surface area contributed by atoms with Gasteiger partial charge in [0.2, 0.25) is 11.0 Å². The van der Waals surface area contributed by atoms with E-state index < -0.39 is 5.92 Å². The van der Waals surface area contributed by atoms with Crippen LogP contribution in [0.2, 0.25) is 0 Å². The van der Waals surface area contributed by atoms with Crippen LogP contribution in [0.25, 0.3) is 0 Å². The Labute approximate surface area is 121 Å². The summed E-state index contributed by atoms with van der Waals surface area (Å²) in [7, 11) is 0. The number of carbonyl (C=O) groups excluding carboxylic acids is 2. The summed E-state index contributed by atoms with van der Waals surface area (Å²) in [6.07, 6.45) is 0. The fourth-order valence-electron chi connectivity index (χ4n) is 2.27. The maximum Gasteiger partial charge on any atom is 0.240 e. The zero-order chi connectivity index (χ0) is 14.1. The largest absolute Gasteiger partial charge is 0.325 e. The Morgan fingerprint density at radius 1 is 1.10 bits per heavy atom. The molecule has 0 spiro atoms. The molecule has 0 radical (unpaired) electrons. The first kappa shape index (κ1) is 12.9. The summed E-state index contributed by atoms with van der Waals surface area (Å²) in [6, 6.07) is 15.0. The summed E-state index contributed by atoms with van der Waals surface area (Å²) in [5.41, 5.74) is 2.53. The fraction of sp³-hybridized carbons (Fsp3) is 0.125. The molecular weight excluding hydrogens is 270 g/mol. The molecule has 0 aliphatic carbocycles. The van der Waals surface area contributed by atoms with Crippen LogP contribution in [0.4, 0.5) is 5.69 Å². The van der Waals surface area contributed by atoms with Gasteiger partial charge in [-0.3, -0.25) is 9.59 Å². The Kier molecular flexibility index (Phi) is 3.32. The maximum atomic E-state index is 12.4. The SMILES string of the molecule is Cc1ccccc1NC(=O)C1C(=O)Sc2ccccc21. The first-order chi connectivity index (χ1) is 9.66. The van der Waals surface area contributed by atoms with Crippen molar-refractivity contribution >= 4 is 28.5 Å². The zero-order valence-corrected chi connectivity index (χ0v) is 11.7. The number of benzene rings is 2. The predicted octanol–water partition coefficient (Wildman–Crippen LogP) is 3.35. The molecule has 3 nitrogen and oxygen atoms in total. The van der Waals surface area contributed by atoms with E-state index in [0.717, 1.165) is 33.5 Å². The van der Waals surface area contributed by atoms with E-state index in [0.29, 0.717) is 0 Å². The standard InChI is InChI=1S/C16H13NO2S/c1-10-6-2-4-8-12(10)17-15(18)14-11-7-3-5-9-13(11)20-16(14)19/h2-9,14H,1H3,(H,17,18). The summed E-state index contributed by atoms with van der Waals surface area (Å²) in [4.78, 5) is 25.3. The number of aryl methyl sites for hydroxylation is 1. The fourth-order valence-corrected chi connectivity index (χ4v) is 3.29. The van der Waals surface area contributed by atoms with Crippen molar-refractivity contribution in [3.05, 3.63) is 59.7 Å². The molecule has 1 aliphatic rings. The van der Waals surface area contributed by atoms with Crippen molar-refractivity contribution in [3.8, 4) is 0 Å². The van der Waals surface area contributed by atoms with Crippen molar-refractivity contribution in [2.24, 2.45) is 0 Å². The Morgan fingerprint density at radius 2 is 1.80 bits per heavy atom. The van der Waals surface area contributed by atoms with Gasteiger partial charge in [0.25, 0.3) is 0 Å². The molecule has 1 heterocycles. The highest BCUT2D eigenvalue weighted by Crippen LogP contribution is 2.41. The van der Waals surface area contributed by atoms with Gasteiger partial charge in [-0.05, 0) is 30.2 Å². The maximum absolute atomic E-state index is 12.4. The van der Waals surface area contributed by atoms with Crippen molar-refractivity contribution in [3.63, 3.8) is 0 Å². The molecule has 2 aromatic carbocycles. The highest BCUT2D eigenvalue weighted by Gasteiger charge is 2.37. The van der Waals surface area contributed by atoms with Gasteiger partial charge in [0.15, 0.2) is 0 Å². The number of hydrogen-bond donors (Lipinski definition) is 1. The first-order valence-electron chi connectivity index (χ1n) is 6.34. The quantitative estimate of drug-likeness (QED) is 0.860. The molecule has 0 bridgehead atoms. The van der Waals surface area contributed by atoms with Gasteiger partial charge in [-0.2, -0.15) is 0 Å². The minimum Gasteiger partial charge on any atom is -0.325 e. The van der Waals surface area contributed by atoms with E-state index in [1.807, 2.05) is 55.5 Å². The summed E-state index contributed by atoms with van der Waals surface area (Å²) in [5, 5.41) is 2.74. The van der Waals surface area contributed by atoms with Gasteiger partial charge in [0.1, 0.15) is 5.92 Å². The molecule has 4 heteroatoms.